The van der Waals surface area contributed by atoms with Crippen molar-refractivity contribution in [3.05, 3.63) is 59.8 Å². The van der Waals surface area contributed by atoms with E-state index in [4.69, 9.17) is 0 Å². The summed E-state index contributed by atoms with van der Waals surface area (Å²) in [7, 11) is 0. The third kappa shape index (κ3) is 2.01. The van der Waals surface area contributed by atoms with Gasteiger partial charge in [0.1, 0.15) is 5.75 Å². The van der Waals surface area contributed by atoms with Crippen molar-refractivity contribution in [2.24, 2.45) is 0 Å². The molecule has 0 saturated heterocycles. The predicted molar refractivity (Wildman–Crippen MR) is 79.1 cm³/mol. The van der Waals surface area contributed by atoms with Crippen molar-refractivity contribution in [1.29, 1.82) is 0 Å². The van der Waals surface area contributed by atoms with E-state index in [-0.39, 0.29) is 11.7 Å². The van der Waals surface area contributed by atoms with Gasteiger partial charge in [-0.2, -0.15) is 0 Å². The first-order valence-electron chi connectivity index (χ1n) is 6.33. The van der Waals surface area contributed by atoms with Crippen molar-refractivity contribution < 1.29 is 9.90 Å². The second-order valence-electron chi connectivity index (χ2n) is 4.65. The SMILES string of the molecule is Cc1c(O)cccc1NC(=O)c1cccc2[nH]ccc12. The molecule has 0 fully saturated rings. The first-order chi connectivity index (χ1) is 9.66. The average Bonchev–Trinajstić information content (AvgIpc) is 2.92. The fraction of sp³-hybridized carbons (Fsp3) is 0.0625. The van der Waals surface area contributed by atoms with Crippen molar-refractivity contribution in [2.75, 3.05) is 5.32 Å². The number of hydrogen-bond acceptors (Lipinski definition) is 2. The summed E-state index contributed by atoms with van der Waals surface area (Å²) < 4.78 is 0. The van der Waals surface area contributed by atoms with Crippen LogP contribution in [0.3, 0.4) is 0 Å². The lowest BCUT2D eigenvalue weighted by Gasteiger charge is -2.10. The van der Waals surface area contributed by atoms with Gasteiger partial charge in [-0.1, -0.05) is 12.1 Å². The Morgan fingerprint density at radius 3 is 2.80 bits per heavy atom. The molecule has 1 aromatic heterocycles. The topological polar surface area (TPSA) is 65.1 Å². The van der Waals surface area contributed by atoms with Crippen LogP contribution in [-0.2, 0) is 0 Å². The van der Waals surface area contributed by atoms with E-state index in [1.807, 2.05) is 18.2 Å². The van der Waals surface area contributed by atoms with Crippen LogP contribution < -0.4 is 5.32 Å². The number of aromatic nitrogens is 1. The number of aromatic amines is 1. The Balaban J connectivity index is 1.97. The van der Waals surface area contributed by atoms with Crippen LogP contribution in [0.1, 0.15) is 15.9 Å². The third-order valence-electron chi connectivity index (χ3n) is 3.39. The Bertz CT molecular complexity index is 790. The minimum absolute atomic E-state index is 0.169. The summed E-state index contributed by atoms with van der Waals surface area (Å²) in [6, 6.07) is 12.5. The maximum Gasteiger partial charge on any atom is 0.256 e. The quantitative estimate of drug-likeness (QED) is 0.665. The van der Waals surface area contributed by atoms with Gasteiger partial charge in [0.25, 0.3) is 5.91 Å². The molecular formula is C16H14N2O2. The minimum Gasteiger partial charge on any atom is -0.508 e. The molecule has 0 spiro atoms. The number of benzene rings is 2. The molecule has 0 unspecified atom stereocenters. The number of rotatable bonds is 2. The molecule has 0 aliphatic heterocycles. The summed E-state index contributed by atoms with van der Waals surface area (Å²) >= 11 is 0. The van der Waals surface area contributed by atoms with E-state index in [0.29, 0.717) is 16.8 Å². The lowest BCUT2D eigenvalue weighted by molar-refractivity contribution is 0.102. The van der Waals surface area contributed by atoms with Gasteiger partial charge in [-0.05, 0) is 37.3 Å². The highest BCUT2D eigenvalue weighted by molar-refractivity contribution is 6.12. The standard InChI is InChI=1S/C16H14N2O2/c1-10-13(5-3-7-15(10)19)18-16(20)12-4-2-6-14-11(12)8-9-17-14/h2-9,17,19H,1H3,(H,18,20). The van der Waals surface area contributed by atoms with E-state index in [0.717, 1.165) is 10.9 Å². The second kappa shape index (κ2) is 4.74. The highest BCUT2D eigenvalue weighted by Gasteiger charge is 2.12. The van der Waals surface area contributed by atoms with Gasteiger partial charge in [0, 0.05) is 33.9 Å². The first-order valence-corrected chi connectivity index (χ1v) is 6.33. The highest BCUT2D eigenvalue weighted by atomic mass is 16.3. The van der Waals surface area contributed by atoms with E-state index in [1.54, 1.807) is 37.4 Å². The van der Waals surface area contributed by atoms with Crippen LogP contribution in [0.15, 0.2) is 48.7 Å². The molecule has 0 atom stereocenters. The summed E-state index contributed by atoms with van der Waals surface area (Å²) in [5, 5.41) is 13.4. The number of carbonyl (C=O) groups excluding carboxylic acids is 1. The molecule has 0 bridgehead atoms. The zero-order valence-electron chi connectivity index (χ0n) is 11.0. The lowest BCUT2D eigenvalue weighted by Crippen LogP contribution is -2.13. The van der Waals surface area contributed by atoms with Crippen LogP contribution >= 0.6 is 0 Å². The minimum atomic E-state index is -0.191. The third-order valence-corrected chi connectivity index (χ3v) is 3.39. The number of carbonyl (C=O) groups is 1. The Labute approximate surface area is 116 Å². The molecule has 0 radical (unpaired) electrons. The van der Waals surface area contributed by atoms with E-state index in [2.05, 4.69) is 10.3 Å². The van der Waals surface area contributed by atoms with Crippen molar-refractivity contribution in [3.63, 3.8) is 0 Å². The Morgan fingerprint density at radius 1 is 1.15 bits per heavy atom. The molecule has 0 aliphatic carbocycles. The zero-order valence-corrected chi connectivity index (χ0v) is 11.0. The number of nitrogens with one attached hydrogen (secondary N) is 2. The van der Waals surface area contributed by atoms with Crippen LogP contribution in [0.2, 0.25) is 0 Å². The maximum atomic E-state index is 12.4. The molecular weight excluding hydrogens is 252 g/mol. The number of anilines is 1. The van der Waals surface area contributed by atoms with E-state index >= 15 is 0 Å². The second-order valence-corrected chi connectivity index (χ2v) is 4.65. The molecule has 0 saturated carbocycles. The number of hydrogen-bond donors (Lipinski definition) is 3. The predicted octanol–water partition coefficient (Wildman–Crippen LogP) is 3.43. The molecule has 4 heteroatoms. The zero-order chi connectivity index (χ0) is 14.1. The van der Waals surface area contributed by atoms with Crippen LogP contribution in [-0.4, -0.2) is 16.0 Å². The number of phenolic OH excluding ortho intramolecular Hbond substituents is 1. The van der Waals surface area contributed by atoms with Crippen LogP contribution in [0, 0.1) is 6.92 Å². The smallest absolute Gasteiger partial charge is 0.256 e. The van der Waals surface area contributed by atoms with Crippen molar-refractivity contribution in [2.45, 2.75) is 6.92 Å². The number of fused-ring (bicyclic) bond motifs is 1. The van der Waals surface area contributed by atoms with Crippen LogP contribution in [0.25, 0.3) is 10.9 Å². The molecule has 2 aromatic carbocycles. The van der Waals surface area contributed by atoms with Crippen LogP contribution in [0.5, 0.6) is 5.75 Å². The fourth-order valence-electron chi connectivity index (χ4n) is 2.23. The lowest BCUT2D eigenvalue weighted by atomic mass is 10.1. The summed E-state index contributed by atoms with van der Waals surface area (Å²) in [4.78, 5) is 15.5. The number of amides is 1. The van der Waals surface area contributed by atoms with Crippen LogP contribution in [0.4, 0.5) is 5.69 Å². The molecule has 100 valence electrons. The number of aromatic hydroxyl groups is 1. The summed E-state index contributed by atoms with van der Waals surface area (Å²) in [5.74, 6) is -0.0217. The molecule has 0 aliphatic rings. The van der Waals surface area contributed by atoms with E-state index in [1.165, 1.54) is 0 Å². The Hall–Kier alpha value is -2.75. The normalized spacial score (nSPS) is 10.7. The number of H-pyrrole nitrogens is 1. The summed E-state index contributed by atoms with van der Waals surface area (Å²) in [6.45, 7) is 1.77. The molecule has 1 heterocycles. The molecule has 3 rings (SSSR count). The van der Waals surface area contributed by atoms with Gasteiger partial charge in [0.15, 0.2) is 0 Å². The van der Waals surface area contributed by atoms with Crippen molar-refractivity contribution >= 4 is 22.5 Å². The van der Waals surface area contributed by atoms with E-state index < -0.39 is 0 Å². The van der Waals surface area contributed by atoms with Gasteiger partial charge in [0.05, 0.1) is 0 Å². The van der Waals surface area contributed by atoms with Gasteiger partial charge in [0.2, 0.25) is 0 Å². The largest absolute Gasteiger partial charge is 0.508 e. The summed E-state index contributed by atoms with van der Waals surface area (Å²) in [5.41, 5.74) is 2.79. The monoisotopic (exact) mass is 266 g/mol. The molecule has 3 N–H and O–H groups in total. The van der Waals surface area contributed by atoms with Gasteiger partial charge < -0.3 is 15.4 Å². The molecule has 1 amide bonds. The molecule has 3 aromatic rings. The van der Waals surface area contributed by atoms with Crippen molar-refractivity contribution in [1.82, 2.24) is 4.98 Å². The van der Waals surface area contributed by atoms with Gasteiger partial charge in [-0.25, -0.2) is 0 Å². The highest BCUT2D eigenvalue weighted by Crippen LogP contribution is 2.25. The molecule has 20 heavy (non-hydrogen) atoms. The Morgan fingerprint density at radius 2 is 1.95 bits per heavy atom. The van der Waals surface area contributed by atoms with Gasteiger partial charge in [-0.3, -0.25) is 4.79 Å². The molecule has 4 nitrogen and oxygen atoms in total. The first kappa shape index (κ1) is 12.3. The van der Waals surface area contributed by atoms with Gasteiger partial charge >= 0.3 is 0 Å². The summed E-state index contributed by atoms with van der Waals surface area (Å²) in [6.07, 6.45) is 1.81. The van der Waals surface area contributed by atoms with Crippen molar-refractivity contribution in [3.8, 4) is 5.75 Å². The van der Waals surface area contributed by atoms with E-state index in [9.17, 15) is 9.90 Å². The Kier molecular flexibility index (Phi) is 2.91. The average molecular weight is 266 g/mol. The number of phenols is 1. The van der Waals surface area contributed by atoms with Gasteiger partial charge in [-0.15, -0.1) is 0 Å². The fourth-order valence-corrected chi connectivity index (χ4v) is 2.23. The maximum absolute atomic E-state index is 12.4.